The van der Waals surface area contributed by atoms with E-state index in [1.54, 1.807) is 0 Å². The Labute approximate surface area is 192 Å². The fraction of sp³-hybridized carbons (Fsp3) is 0.481. The van der Waals surface area contributed by atoms with Crippen LogP contribution in [0.25, 0.3) is 0 Å². The lowest BCUT2D eigenvalue weighted by atomic mass is 9.98. The van der Waals surface area contributed by atoms with Crippen molar-refractivity contribution < 1.29 is 9.59 Å². The highest BCUT2D eigenvalue weighted by atomic mass is 16.2. The molecule has 2 aromatic rings. The molecule has 172 valence electrons. The second-order valence-electron chi connectivity index (χ2n) is 8.65. The van der Waals surface area contributed by atoms with E-state index < -0.39 is 0 Å². The maximum atomic E-state index is 13.1. The molecule has 0 aromatic heterocycles. The van der Waals surface area contributed by atoms with E-state index in [4.69, 9.17) is 0 Å². The number of benzene rings is 2. The fourth-order valence-electron chi connectivity index (χ4n) is 4.31. The van der Waals surface area contributed by atoms with Crippen LogP contribution < -0.4 is 15.5 Å². The second kappa shape index (κ2) is 12.3. The summed E-state index contributed by atoms with van der Waals surface area (Å²) in [6.45, 7) is 6.70. The molecule has 0 unspecified atom stereocenters. The van der Waals surface area contributed by atoms with Gasteiger partial charge in [0.25, 0.3) is 5.91 Å². The monoisotopic (exact) mass is 435 g/mol. The highest BCUT2D eigenvalue weighted by molar-refractivity contribution is 6.02. The predicted octanol–water partition coefficient (Wildman–Crippen LogP) is 5.41. The van der Waals surface area contributed by atoms with Gasteiger partial charge in [-0.3, -0.25) is 9.59 Å². The number of hydrogen-bond donors (Lipinski definition) is 2. The third-order valence-electron chi connectivity index (χ3n) is 6.27. The largest absolute Gasteiger partial charge is 0.371 e. The molecule has 2 aromatic carbocycles. The summed E-state index contributed by atoms with van der Waals surface area (Å²) in [5.41, 5.74) is 3.49. The molecular weight excluding hydrogens is 398 g/mol. The van der Waals surface area contributed by atoms with Gasteiger partial charge >= 0.3 is 0 Å². The number of anilines is 2. The summed E-state index contributed by atoms with van der Waals surface area (Å²) in [7, 11) is 0. The first-order chi connectivity index (χ1) is 15.6. The summed E-state index contributed by atoms with van der Waals surface area (Å²) in [6, 6.07) is 15.9. The highest BCUT2D eigenvalue weighted by Crippen LogP contribution is 2.28. The molecule has 3 rings (SSSR count). The molecule has 1 atom stereocenters. The first-order valence-electron chi connectivity index (χ1n) is 12.1. The van der Waals surface area contributed by atoms with Gasteiger partial charge in [0.1, 0.15) is 0 Å². The lowest BCUT2D eigenvalue weighted by Gasteiger charge is -2.22. The topological polar surface area (TPSA) is 61.4 Å². The zero-order valence-electron chi connectivity index (χ0n) is 19.5. The van der Waals surface area contributed by atoms with Gasteiger partial charge in [-0.25, -0.2) is 0 Å². The van der Waals surface area contributed by atoms with Crippen LogP contribution in [0.5, 0.6) is 0 Å². The number of rotatable bonds is 11. The fourth-order valence-corrected chi connectivity index (χ4v) is 4.31. The molecule has 0 radical (unpaired) electrons. The van der Waals surface area contributed by atoms with Gasteiger partial charge in [0, 0.05) is 36.9 Å². The molecule has 0 saturated carbocycles. The van der Waals surface area contributed by atoms with Crippen LogP contribution in [0.3, 0.4) is 0 Å². The number of amides is 2. The maximum absolute atomic E-state index is 13.1. The van der Waals surface area contributed by atoms with Crippen LogP contribution in [0.2, 0.25) is 0 Å². The minimum Gasteiger partial charge on any atom is -0.371 e. The van der Waals surface area contributed by atoms with Crippen molar-refractivity contribution >= 4 is 23.2 Å². The summed E-state index contributed by atoms with van der Waals surface area (Å²) < 4.78 is 0. The average molecular weight is 436 g/mol. The van der Waals surface area contributed by atoms with Crippen molar-refractivity contribution in [1.29, 1.82) is 0 Å². The second-order valence-corrected chi connectivity index (χ2v) is 8.65. The van der Waals surface area contributed by atoms with Crippen LogP contribution in [0.15, 0.2) is 48.5 Å². The Morgan fingerprint density at radius 3 is 2.47 bits per heavy atom. The number of nitrogens with one attached hydrogen (secondary N) is 2. The summed E-state index contributed by atoms with van der Waals surface area (Å²) >= 11 is 0. The van der Waals surface area contributed by atoms with E-state index >= 15 is 0 Å². The molecule has 1 fully saturated rings. The number of hydrogen-bond acceptors (Lipinski definition) is 3. The van der Waals surface area contributed by atoms with Crippen LogP contribution >= 0.6 is 0 Å². The number of nitrogens with zero attached hydrogens (tertiary/aromatic N) is 1. The SMILES string of the molecule is CCCC[C@H](CC)C(=O)Nc1ccc(N2CCCC2)c(C(=O)NCCc2ccccc2)c1. The van der Waals surface area contributed by atoms with Gasteiger partial charge in [0.05, 0.1) is 5.56 Å². The summed E-state index contributed by atoms with van der Waals surface area (Å²) in [5.74, 6) is -0.0291. The van der Waals surface area contributed by atoms with E-state index in [1.807, 2.05) is 36.4 Å². The van der Waals surface area contributed by atoms with E-state index in [1.165, 1.54) is 5.56 Å². The summed E-state index contributed by atoms with van der Waals surface area (Å²) in [5, 5.41) is 6.13. The van der Waals surface area contributed by atoms with Crippen molar-refractivity contribution in [1.82, 2.24) is 5.32 Å². The third kappa shape index (κ3) is 6.59. The molecule has 1 saturated heterocycles. The van der Waals surface area contributed by atoms with Crippen molar-refractivity contribution in [2.75, 3.05) is 29.9 Å². The lowest BCUT2D eigenvalue weighted by molar-refractivity contribution is -0.120. The molecule has 0 bridgehead atoms. The van der Waals surface area contributed by atoms with Crippen molar-refractivity contribution in [3.63, 3.8) is 0 Å². The molecule has 1 heterocycles. The third-order valence-corrected chi connectivity index (χ3v) is 6.27. The molecule has 1 aliphatic heterocycles. The highest BCUT2D eigenvalue weighted by Gasteiger charge is 2.21. The lowest BCUT2D eigenvalue weighted by Crippen LogP contribution is -2.29. The molecule has 32 heavy (non-hydrogen) atoms. The molecule has 1 aliphatic rings. The van der Waals surface area contributed by atoms with Crippen molar-refractivity contribution in [2.24, 2.45) is 5.92 Å². The van der Waals surface area contributed by atoms with Crippen LogP contribution in [0.1, 0.15) is 68.3 Å². The standard InChI is InChI=1S/C27H37N3O2/c1-3-5-13-22(4-2)26(31)29-23-14-15-25(30-18-9-10-19-30)24(20-23)27(32)28-17-16-21-11-7-6-8-12-21/h6-8,11-12,14-15,20,22H,3-5,9-10,13,16-19H2,1-2H3,(H,28,32)(H,29,31)/t22-/m0/s1. The quantitative estimate of drug-likeness (QED) is 0.496. The van der Waals surface area contributed by atoms with Crippen molar-refractivity contribution in [3.8, 4) is 0 Å². The average Bonchev–Trinajstić information content (AvgIpc) is 3.35. The zero-order chi connectivity index (χ0) is 22.8. The van der Waals surface area contributed by atoms with Crippen molar-refractivity contribution in [2.45, 2.75) is 58.8 Å². The molecule has 2 amide bonds. The maximum Gasteiger partial charge on any atom is 0.253 e. The van der Waals surface area contributed by atoms with E-state index in [9.17, 15) is 9.59 Å². The first kappa shape index (κ1) is 23.8. The van der Waals surface area contributed by atoms with Gasteiger partial charge < -0.3 is 15.5 Å². The van der Waals surface area contributed by atoms with Gasteiger partial charge in [0.15, 0.2) is 0 Å². The van der Waals surface area contributed by atoms with E-state index in [-0.39, 0.29) is 17.7 Å². The molecular formula is C27H37N3O2. The van der Waals surface area contributed by atoms with Gasteiger partial charge in [-0.2, -0.15) is 0 Å². The number of carbonyl (C=O) groups is 2. The van der Waals surface area contributed by atoms with Crippen LogP contribution in [0, 0.1) is 5.92 Å². The predicted molar refractivity (Wildman–Crippen MR) is 132 cm³/mol. The number of carbonyl (C=O) groups excluding carboxylic acids is 2. The van der Waals surface area contributed by atoms with Gasteiger partial charge in [-0.05, 0) is 55.9 Å². The Balaban J connectivity index is 1.72. The van der Waals surface area contributed by atoms with Gasteiger partial charge in [-0.15, -0.1) is 0 Å². The zero-order valence-corrected chi connectivity index (χ0v) is 19.5. The van der Waals surface area contributed by atoms with Crippen LogP contribution in [0.4, 0.5) is 11.4 Å². The van der Waals surface area contributed by atoms with E-state index in [0.29, 0.717) is 17.8 Å². The van der Waals surface area contributed by atoms with E-state index in [2.05, 4.69) is 41.5 Å². The number of unbranched alkanes of at least 4 members (excludes halogenated alkanes) is 1. The van der Waals surface area contributed by atoms with Crippen LogP contribution in [-0.2, 0) is 11.2 Å². The molecule has 5 nitrogen and oxygen atoms in total. The van der Waals surface area contributed by atoms with Crippen molar-refractivity contribution in [3.05, 3.63) is 59.7 Å². The summed E-state index contributed by atoms with van der Waals surface area (Å²) in [4.78, 5) is 28.2. The minimum absolute atomic E-state index is 0.0105. The molecule has 0 aliphatic carbocycles. The Morgan fingerprint density at radius 2 is 1.78 bits per heavy atom. The Hall–Kier alpha value is -2.82. The van der Waals surface area contributed by atoms with Gasteiger partial charge in [-0.1, -0.05) is 57.0 Å². The first-order valence-corrected chi connectivity index (χ1v) is 12.1. The van der Waals surface area contributed by atoms with E-state index in [0.717, 1.165) is 63.7 Å². The van der Waals surface area contributed by atoms with Gasteiger partial charge in [0.2, 0.25) is 5.91 Å². The molecule has 5 heteroatoms. The van der Waals surface area contributed by atoms with Crippen LogP contribution in [-0.4, -0.2) is 31.4 Å². The summed E-state index contributed by atoms with van der Waals surface area (Å²) in [6.07, 6.45) is 6.93. The molecule has 0 spiro atoms. The normalized spacial score (nSPS) is 14.2. The minimum atomic E-state index is -0.0862. The Bertz CT molecular complexity index is 876. The Morgan fingerprint density at radius 1 is 1.03 bits per heavy atom. The smallest absolute Gasteiger partial charge is 0.253 e. The Kier molecular flexibility index (Phi) is 9.14. The molecule has 2 N–H and O–H groups in total.